The minimum absolute atomic E-state index is 0.178. The molecule has 0 amide bonds. The first-order chi connectivity index (χ1) is 14.3. The summed E-state index contributed by atoms with van der Waals surface area (Å²) >= 11 is 1.19. The fraction of sp³-hybridized carbons (Fsp3) is 0.783. The van der Waals surface area contributed by atoms with Gasteiger partial charge >= 0.3 is 6.16 Å². The predicted octanol–water partition coefficient (Wildman–Crippen LogP) is 6.66. The van der Waals surface area contributed by atoms with E-state index in [1.54, 1.807) is 0 Å². The summed E-state index contributed by atoms with van der Waals surface area (Å²) in [6, 6.07) is 0. The number of hydrogen-bond donors (Lipinski definition) is 0. The van der Waals surface area contributed by atoms with Crippen LogP contribution < -0.4 is 4.74 Å². The van der Waals surface area contributed by atoms with Gasteiger partial charge in [0, 0.05) is 5.41 Å². The molecule has 30 heavy (non-hydrogen) atoms. The second-order valence-electron chi connectivity index (χ2n) is 9.13. The van der Waals surface area contributed by atoms with E-state index in [-0.39, 0.29) is 23.5 Å². The minimum Gasteiger partial charge on any atom is -0.475 e. The molecule has 1 aliphatic rings. The first kappa shape index (κ1) is 24.6. The van der Waals surface area contributed by atoms with Crippen molar-refractivity contribution < 1.29 is 19.0 Å². The summed E-state index contributed by atoms with van der Waals surface area (Å²) in [6.45, 7) is 12.9. The van der Waals surface area contributed by atoms with Gasteiger partial charge in [0.25, 0.3) is 5.88 Å². The lowest BCUT2D eigenvalue weighted by molar-refractivity contribution is -0.0593. The van der Waals surface area contributed by atoms with Gasteiger partial charge in [-0.15, -0.1) is 4.37 Å². The molecule has 1 aromatic rings. The van der Waals surface area contributed by atoms with Crippen LogP contribution in [-0.2, 0) is 9.47 Å². The van der Waals surface area contributed by atoms with Gasteiger partial charge < -0.3 is 14.2 Å². The number of ether oxygens (including phenoxy) is 3. The lowest BCUT2D eigenvalue weighted by Gasteiger charge is -2.41. The smallest absolute Gasteiger partial charge is 0.475 e. The standard InChI is InChI=1S/C23H38N2O4S/c1-7-8-9-10-14-27-21-19(24-30-25-21)18-12-11-13-23(6,15-18)20(16(2)3)29-22(26)28-17(4)5/h12,16-17,20H,7-11,13-15H2,1-6H3. The van der Waals surface area contributed by atoms with E-state index in [0.717, 1.165) is 37.0 Å². The summed E-state index contributed by atoms with van der Waals surface area (Å²) in [5.74, 6) is 0.810. The Morgan fingerprint density at radius 2 is 1.93 bits per heavy atom. The Hall–Kier alpha value is -1.63. The van der Waals surface area contributed by atoms with Crippen LogP contribution in [0, 0.1) is 11.3 Å². The van der Waals surface area contributed by atoms with Gasteiger partial charge in [0.05, 0.1) is 24.4 Å². The van der Waals surface area contributed by atoms with Gasteiger partial charge in [0.1, 0.15) is 11.8 Å². The Labute approximate surface area is 185 Å². The van der Waals surface area contributed by atoms with Crippen LogP contribution in [0.5, 0.6) is 5.88 Å². The number of hydrogen-bond acceptors (Lipinski definition) is 7. The van der Waals surface area contributed by atoms with Crippen molar-refractivity contribution in [3.05, 3.63) is 11.8 Å². The van der Waals surface area contributed by atoms with Crippen LogP contribution in [0.15, 0.2) is 6.08 Å². The molecule has 0 aliphatic heterocycles. The van der Waals surface area contributed by atoms with Crippen LogP contribution in [-0.4, -0.2) is 33.7 Å². The van der Waals surface area contributed by atoms with Crippen LogP contribution in [0.2, 0.25) is 0 Å². The highest BCUT2D eigenvalue weighted by Gasteiger charge is 2.42. The molecule has 6 nitrogen and oxygen atoms in total. The highest BCUT2D eigenvalue weighted by Crippen LogP contribution is 2.46. The second kappa shape index (κ2) is 11.7. The van der Waals surface area contributed by atoms with Gasteiger partial charge in [-0.3, -0.25) is 0 Å². The van der Waals surface area contributed by atoms with Crippen LogP contribution >= 0.6 is 11.7 Å². The number of unbranched alkanes of at least 4 members (excludes halogenated alkanes) is 3. The van der Waals surface area contributed by atoms with Gasteiger partial charge in [-0.25, -0.2) is 4.79 Å². The van der Waals surface area contributed by atoms with E-state index < -0.39 is 6.16 Å². The topological polar surface area (TPSA) is 70.5 Å². The molecule has 0 N–H and O–H groups in total. The predicted molar refractivity (Wildman–Crippen MR) is 121 cm³/mol. The number of rotatable bonds is 11. The average Bonchev–Trinajstić information content (AvgIpc) is 3.13. The molecular formula is C23H38N2O4S. The van der Waals surface area contributed by atoms with Crippen molar-refractivity contribution in [3.8, 4) is 5.88 Å². The van der Waals surface area contributed by atoms with Gasteiger partial charge in [0.15, 0.2) is 0 Å². The molecule has 0 aromatic carbocycles. The molecule has 0 saturated carbocycles. The minimum atomic E-state index is -0.590. The van der Waals surface area contributed by atoms with Gasteiger partial charge in [0.2, 0.25) is 0 Å². The van der Waals surface area contributed by atoms with Crippen molar-refractivity contribution in [2.24, 2.45) is 11.3 Å². The molecule has 1 aliphatic carbocycles. The summed E-state index contributed by atoms with van der Waals surface area (Å²) in [7, 11) is 0. The zero-order valence-corrected chi connectivity index (χ0v) is 20.2. The van der Waals surface area contributed by atoms with Crippen LogP contribution in [0.4, 0.5) is 4.79 Å². The molecule has 0 bridgehead atoms. The van der Waals surface area contributed by atoms with E-state index in [1.807, 2.05) is 13.8 Å². The van der Waals surface area contributed by atoms with E-state index in [1.165, 1.54) is 31.0 Å². The lowest BCUT2D eigenvalue weighted by atomic mass is 9.68. The summed E-state index contributed by atoms with van der Waals surface area (Å²) < 4.78 is 25.9. The fourth-order valence-corrected chi connectivity index (χ4v) is 4.70. The van der Waals surface area contributed by atoms with E-state index >= 15 is 0 Å². The zero-order valence-electron chi connectivity index (χ0n) is 19.4. The zero-order chi connectivity index (χ0) is 22.1. The van der Waals surface area contributed by atoms with Crippen molar-refractivity contribution in [3.63, 3.8) is 0 Å². The number of carbonyl (C=O) groups is 1. The molecule has 7 heteroatoms. The van der Waals surface area contributed by atoms with Gasteiger partial charge in [-0.1, -0.05) is 53.0 Å². The van der Waals surface area contributed by atoms with E-state index in [2.05, 4.69) is 42.5 Å². The molecular weight excluding hydrogens is 400 g/mol. The first-order valence-electron chi connectivity index (χ1n) is 11.3. The Morgan fingerprint density at radius 1 is 1.17 bits per heavy atom. The summed E-state index contributed by atoms with van der Waals surface area (Å²) in [5, 5.41) is 0. The molecule has 2 unspecified atom stereocenters. The summed E-state index contributed by atoms with van der Waals surface area (Å²) in [4.78, 5) is 12.2. The number of carbonyl (C=O) groups excluding carboxylic acids is 1. The molecule has 2 rings (SSSR count). The van der Waals surface area contributed by atoms with Crippen LogP contribution in [0.3, 0.4) is 0 Å². The lowest BCUT2D eigenvalue weighted by Crippen LogP contribution is -2.41. The molecule has 2 atom stereocenters. The number of aromatic nitrogens is 2. The maximum absolute atomic E-state index is 12.2. The van der Waals surface area contributed by atoms with Gasteiger partial charge in [-0.2, -0.15) is 4.37 Å². The molecule has 1 heterocycles. The second-order valence-corrected chi connectivity index (χ2v) is 9.65. The quantitative estimate of drug-likeness (QED) is 0.284. The van der Waals surface area contributed by atoms with Crippen molar-refractivity contribution in [2.75, 3.05) is 6.61 Å². The monoisotopic (exact) mass is 438 g/mol. The molecule has 0 saturated heterocycles. The van der Waals surface area contributed by atoms with Crippen molar-refractivity contribution >= 4 is 23.5 Å². The van der Waals surface area contributed by atoms with Crippen molar-refractivity contribution in [2.45, 2.75) is 98.7 Å². The highest BCUT2D eigenvalue weighted by atomic mass is 32.1. The Bertz CT molecular complexity index is 701. The molecule has 1 aromatic heterocycles. The summed E-state index contributed by atoms with van der Waals surface area (Å²) in [5.41, 5.74) is 1.78. The maximum atomic E-state index is 12.2. The Morgan fingerprint density at radius 3 is 2.60 bits per heavy atom. The van der Waals surface area contributed by atoms with Crippen LogP contribution in [0.25, 0.3) is 5.57 Å². The SMILES string of the molecule is CCCCCCOc1nsnc1C1=CCCC(C)(C(OC(=O)OC(C)C)C(C)C)C1. The van der Waals surface area contributed by atoms with E-state index in [0.29, 0.717) is 12.5 Å². The molecule has 0 spiro atoms. The number of allylic oxidation sites excluding steroid dienone is 2. The normalized spacial score (nSPS) is 20.2. The van der Waals surface area contributed by atoms with Crippen molar-refractivity contribution in [1.82, 2.24) is 8.75 Å². The third kappa shape index (κ3) is 6.96. The van der Waals surface area contributed by atoms with Gasteiger partial charge in [-0.05, 0) is 51.0 Å². The van der Waals surface area contributed by atoms with Crippen LogP contribution in [0.1, 0.15) is 92.2 Å². The molecule has 0 radical (unpaired) electrons. The van der Waals surface area contributed by atoms with E-state index in [4.69, 9.17) is 14.2 Å². The first-order valence-corrected chi connectivity index (χ1v) is 12.0. The largest absolute Gasteiger partial charge is 0.508 e. The maximum Gasteiger partial charge on any atom is 0.508 e. The van der Waals surface area contributed by atoms with Crippen molar-refractivity contribution in [1.29, 1.82) is 0 Å². The summed E-state index contributed by atoms with van der Waals surface area (Å²) in [6.07, 6.45) is 8.46. The third-order valence-corrected chi connectivity index (χ3v) is 6.06. The van der Waals surface area contributed by atoms with E-state index in [9.17, 15) is 4.79 Å². The highest BCUT2D eigenvalue weighted by molar-refractivity contribution is 6.99. The fourth-order valence-electron chi connectivity index (χ4n) is 4.17. The molecule has 170 valence electrons. The Balaban J connectivity index is 2.08. The number of nitrogens with zero attached hydrogens (tertiary/aromatic N) is 2. The average molecular weight is 439 g/mol. The Kier molecular flexibility index (Phi) is 9.59. The molecule has 0 fully saturated rings. The third-order valence-electron chi connectivity index (χ3n) is 5.55.